The van der Waals surface area contributed by atoms with Gasteiger partial charge in [-0.3, -0.25) is 0 Å². The average molecular weight is 218 g/mol. The molecule has 82 valence electrons. The molecular formula is C9H8F2O4. The van der Waals surface area contributed by atoms with Gasteiger partial charge >= 0.3 is 5.97 Å². The second-order valence-electron chi connectivity index (χ2n) is 2.58. The molecule has 1 aromatic carbocycles. The summed E-state index contributed by atoms with van der Waals surface area (Å²) in [5.74, 6) is -4.12. The predicted octanol–water partition coefficient (Wildman–Crippen LogP) is 1.44. The minimum atomic E-state index is -1.22. The van der Waals surface area contributed by atoms with Crippen molar-refractivity contribution in [2.24, 2.45) is 0 Å². The molecule has 0 heterocycles. The van der Waals surface area contributed by atoms with Gasteiger partial charge in [0.15, 0.2) is 23.9 Å². The summed E-state index contributed by atoms with van der Waals surface area (Å²) in [5.41, 5.74) is 0. The van der Waals surface area contributed by atoms with Crippen LogP contribution >= 0.6 is 0 Å². The average Bonchev–Trinajstić information content (AvgIpc) is 2.19. The first-order chi connectivity index (χ1) is 7.06. The van der Waals surface area contributed by atoms with Crippen molar-refractivity contribution in [1.29, 1.82) is 0 Å². The Morgan fingerprint density at radius 1 is 1.47 bits per heavy atom. The molecule has 0 aliphatic rings. The molecule has 6 heteroatoms. The van der Waals surface area contributed by atoms with Gasteiger partial charge in [0.25, 0.3) is 0 Å². The van der Waals surface area contributed by atoms with Gasteiger partial charge in [0, 0.05) is 0 Å². The van der Waals surface area contributed by atoms with Crippen LogP contribution in [0.3, 0.4) is 0 Å². The molecule has 0 aliphatic carbocycles. The molecule has 0 aromatic heterocycles. The van der Waals surface area contributed by atoms with Gasteiger partial charge in [-0.1, -0.05) is 0 Å². The summed E-state index contributed by atoms with van der Waals surface area (Å²) < 4.78 is 35.0. The summed E-state index contributed by atoms with van der Waals surface area (Å²) in [6.45, 7) is -0.651. The molecule has 0 amide bonds. The van der Waals surface area contributed by atoms with Crippen LogP contribution in [-0.4, -0.2) is 24.8 Å². The minimum Gasteiger partial charge on any atom is -0.490 e. The van der Waals surface area contributed by atoms with E-state index >= 15 is 0 Å². The van der Waals surface area contributed by atoms with Gasteiger partial charge in [-0.25, -0.2) is 9.18 Å². The second kappa shape index (κ2) is 4.59. The van der Waals surface area contributed by atoms with Crippen LogP contribution in [0.25, 0.3) is 0 Å². The first-order valence-electron chi connectivity index (χ1n) is 3.93. The number of carboxylic acids is 1. The van der Waals surface area contributed by atoms with Crippen LogP contribution in [0.1, 0.15) is 0 Å². The maximum absolute atomic E-state index is 13.1. The van der Waals surface area contributed by atoms with E-state index in [0.29, 0.717) is 0 Å². The molecule has 0 spiro atoms. The number of benzene rings is 1. The van der Waals surface area contributed by atoms with Crippen LogP contribution < -0.4 is 9.47 Å². The van der Waals surface area contributed by atoms with Crippen LogP contribution in [0, 0.1) is 11.6 Å². The van der Waals surface area contributed by atoms with Crippen molar-refractivity contribution in [3.8, 4) is 11.5 Å². The Hall–Kier alpha value is -1.85. The maximum Gasteiger partial charge on any atom is 0.341 e. The van der Waals surface area contributed by atoms with E-state index in [9.17, 15) is 13.6 Å². The molecule has 0 fully saturated rings. The van der Waals surface area contributed by atoms with Gasteiger partial charge in [0.05, 0.1) is 7.11 Å². The van der Waals surface area contributed by atoms with E-state index in [1.54, 1.807) is 0 Å². The minimum absolute atomic E-state index is 0.154. The summed E-state index contributed by atoms with van der Waals surface area (Å²) in [5, 5.41) is 8.33. The predicted molar refractivity (Wildman–Crippen MR) is 46.0 cm³/mol. The fraction of sp³-hybridized carbons (Fsp3) is 0.222. The SMILES string of the molecule is COc1c(OCC(=O)O)ccc(F)c1F. The van der Waals surface area contributed by atoms with Crippen molar-refractivity contribution in [2.45, 2.75) is 0 Å². The van der Waals surface area contributed by atoms with E-state index < -0.39 is 30.0 Å². The van der Waals surface area contributed by atoms with Crippen molar-refractivity contribution in [1.82, 2.24) is 0 Å². The summed E-state index contributed by atoms with van der Waals surface area (Å²) >= 11 is 0. The smallest absolute Gasteiger partial charge is 0.341 e. The highest BCUT2D eigenvalue weighted by Crippen LogP contribution is 2.31. The molecule has 0 unspecified atom stereocenters. The number of methoxy groups -OCH3 is 1. The van der Waals surface area contributed by atoms with Gasteiger partial charge < -0.3 is 14.6 Å². The van der Waals surface area contributed by atoms with E-state index in [-0.39, 0.29) is 5.75 Å². The van der Waals surface area contributed by atoms with Crippen molar-refractivity contribution in [2.75, 3.05) is 13.7 Å². The molecule has 1 N–H and O–H groups in total. The molecule has 0 saturated heterocycles. The third kappa shape index (κ3) is 2.55. The van der Waals surface area contributed by atoms with Crippen molar-refractivity contribution in [3.05, 3.63) is 23.8 Å². The standard InChI is InChI=1S/C9H8F2O4/c1-14-9-6(15-4-7(12)13)3-2-5(10)8(9)11/h2-3H,4H2,1H3,(H,12,13). The van der Waals surface area contributed by atoms with Crippen LogP contribution in [0.4, 0.5) is 8.78 Å². The van der Waals surface area contributed by atoms with Gasteiger partial charge in [-0.2, -0.15) is 4.39 Å². The Balaban J connectivity index is 2.97. The number of hydrogen-bond acceptors (Lipinski definition) is 3. The molecule has 0 radical (unpaired) electrons. The summed E-state index contributed by atoms with van der Waals surface area (Å²) in [7, 11) is 1.13. The van der Waals surface area contributed by atoms with Crippen LogP contribution in [0.2, 0.25) is 0 Å². The van der Waals surface area contributed by atoms with Crippen LogP contribution in [0.5, 0.6) is 11.5 Å². The molecule has 15 heavy (non-hydrogen) atoms. The molecule has 1 aromatic rings. The zero-order valence-corrected chi connectivity index (χ0v) is 7.79. The van der Waals surface area contributed by atoms with Crippen LogP contribution in [0.15, 0.2) is 12.1 Å². The van der Waals surface area contributed by atoms with E-state index in [0.717, 1.165) is 19.2 Å². The van der Waals surface area contributed by atoms with Crippen molar-refractivity contribution < 1.29 is 28.2 Å². The zero-order chi connectivity index (χ0) is 11.4. The van der Waals surface area contributed by atoms with Gasteiger partial charge in [-0.05, 0) is 12.1 Å². The lowest BCUT2D eigenvalue weighted by Gasteiger charge is -2.09. The first-order valence-corrected chi connectivity index (χ1v) is 3.93. The third-order valence-electron chi connectivity index (χ3n) is 1.57. The van der Waals surface area contributed by atoms with E-state index in [2.05, 4.69) is 4.74 Å². The number of halogens is 2. The molecule has 0 saturated carbocycles. The molecular weight excluding hydrogens is 210 g/mol. The van der Waals surface area contributed by atoms with E-state index in [1.807, 2.05) is 0 Å². The van der Waals surface area contributed by atoms with Gasteiger partial charge in [0.1, 0.15) is 0 Å². The zero-order valence-electron chi connectivity index (χ0n) is 7.79. The lowest BCUT2D eigenvalue weighted by molar-refractivity contribution is -0.139. The molecule has 0 atom stereocenters. The van der Waals surface area contributed by atoms with Crippen molar-refractivity contribution in [3.63, 3.8) is 0 Å². The lowest BCUT2D eigenvalue weighted by atomic mass is 10.3. The quantitative estimate of drug-likeness (QED) is 0.830. The lowest BCUT2D eigenvalue weighted by Crippen LogP contribution is -2.10. The van der Waals surface area contributed by atoms with E-state index in [1.165, 1.54) is 0 Å². The maximum atomic E-state index is 13.1. The number of aliphatic carboxylic acids is 1. The Kier molecular flexibility index (Phi) is 3.43. The largest absolute Gasteiger partial charge is 0.490 e. The summed E-state index contributed by atoms with van der Waals surface area (Å²) in [6.07, 6.45) is 0. The Morgan fingerprint density at radius 2 is 2.13 bits per heavy atom. The molecule has 4 nitrogen and oxygen atoms in total. The second-order valence-corrected chi connectivity index (χ2v) is 2.58. The number of carbonyl (C=O) groups is 1. The highest BCUT2D eigenvalue weighted by Gasteiger charge is 2.15. The Labute approximate surface area is 84.0 Å². The summed E-state index contributed by atoms with van der Waals surface area (Å²) in [6, 6.07) is 1.93. The molecule has 0 aliphatic heterocycles. The normalized spacial score (nSPS) is 9.80. The highest BCUT2D eigenvalue weighted by atomic mass is 19.2. The summed E-state index contributed by atoms with van der Waals surface area (Å²) in [4.78, 5) is 10.2. The number of carboxylic acid groups (broad SMARTS) is 1. The third-order valence-corrected chi connectivity index (χ3v) is 1.57. The Bertz CT molecular complexity index is 379. The van der Waals surface area contributed by atoms with E-state index in [4.69, 9.17) is 9.84 Å². The first kappa shape index (κ1) is 11.2. The van der Waals surface area contributed by atoms with Gasteiger partial charge in [-0.15, -0.1) is 0 Å². The number of rotatable bonds is 4. The molecule has 0 bridgehead atoms. The topological polar surface area (TPSA) is 55.8 Å². The monoisotopic (exact) mass is 218 g/mol. The van der Waals surface area contributed by atoms with Gasteiger partial charge in [0.2, 0.25) is 5.82 Å². The van der Waals surface area contributed by atoms with Crippen molar-refractivity contribution >= 4 is 5.97 Å². The van der Waals surface area contributed by atoms with Crippen LogP contribution in [-0.2, 0) is 4.79 Å². The number of ether oxygens (including phenoxy) is 2. The number of hydrogen-bond donors (Lipinski definition) is 1. The molecule has 1 rings (SSSR count). The fourth-order valence-electron chi connectivity index (χ4n) is 0.958. The fourth-order valence-corrected chi connectivity index (χ4v) is 0.958. The highest BCUT2D eigenvalue weighted by molar-refractivity contribution is 5.68. The Morgan fingerprint density at radius 3 is 2.67 bits per heavy atom.